The van der Waals surface area contributed by atoms with Crippen molar-refractivity contribution in [3.63, 3.8) is 0 Å². The summed E-state index contributed by atoms with van der Waals surface area (Å²) in [5.74, 6) is -0.327. The van der Waals surface area contributed by atoms with Crippen LogP contribution in [0.5, 0.6) is 0 Å². The summed E-state index contributed by atoms with van der Waals surface area (Å²) in [5, 5.41) is 0. The summed E-state index contributed by atoms with van der Waals surface area (Å²) in [6, 6.07) is 14.5. The summed E-state index contributed by atoms with van der Waals surface area (Å²) in [6.07, 6.45) is 0. The molecule has 0 aromatic heterocycles. The number of hydrogen-bond acceptors (Lipinski definition) is 3. The molecule has 98 valence electrons. The van der Waals surface area contributed by atoms with Gasteiger partial charge in [0.1, 0.15) is 0 Å². The molecule has 2 aromatic rings. The Hall–Kier alpha value is -2.18. The van der Waals surface area contributed by atoms with Gasteiger partial charge in [-0.2, -0.15) is 8.42 Å². The maximum absolute atomic E-state index is 12.2. The molecule has 0 spiro atoms. The summed E-state index contributed by atoms with van der Waals surface area (Å²) >= 11 is 0. The lowest BCUT2D eigenvalue weighted by Crippen LogP contribution is -2.14. The van der Waals surface area contributed by atoms with E-state index in [4.69, 9.17) is 4.55 Å². The lowest BCUT2D eigenvalue weighted by atomic mass is 10.0. The van der Waals surface area contributed by atoms with Crippen LogP contribution in [-0.2, 0) is 10.3 Å². The van der Waals surface area contributed by atoms with Crippen molar-refractivity contribution in [3.8, 4) is 0 Å². The van der Waals surface area contributed by atoms with Gasteiger partial charge in [0.2, 0.25) is 0 Å². The predicted octanol–water partition coefficient (Wildman–Crippen LogP) is 2.13. The first kappa shape index (κ1) is 13.3. The minimum atomic E-state index is -4.42. The average Bonchev–Trinajstić information content (AvgIpc) is 2.38. The molecule has 19 heavy (non-hydrogen) atoms. The number of anilines is 1. The number of hydrogen-bond donors (Lipinski definition) is 2. The minimum Gasteiger partial charge on any atom is -0.289 e. The third kappa shape index (κ3) is 3.40. The van der Waals surface area contributed by atoms with E-state index in [2.05, 4.69) is 0 Å². The van der Waals surface area contributed by atoms with Crippen LogP contribution in [0.4, 0.5) is 5.69 Å². The van der Waals surface area contributed by atoms with Crippen molar-refractivity contribution in [2.24, 2.45) is 0 Å². The Kier molecular flexibility index (Phi) is 3.64. The van der Waals surface area contributed by atoms with E-state index in [1.54, 1.807) is 42.5 Å². The molecule has 0 atom stereocenters. The molecule has 6 heteroatoms. The lowest BCUT2D eigenvalue weighted by Gasteiger charge is -2.08. The number of carbonyl (C=O) groups is 1. The standard InChI is InChI=1S/C13H11NO4S/c15-13(10-6-2-1-3-7-10)11-8-4-5-9-12(11)14-19(16,17)18/h1-9,14H,(H,16,17,18). The molecule has 0 saturated carbocycles. The normalized spacial score (nSPS) is 11.0. The summed E-state index contributed by atoms with van der Waals surface area (Å²) in [6.45, 7) is 0. The van der Waals surface area contributed by atoms with E-state index in [1.165, 1.54) is 12.1 Å². The van der Waals surface area contributed by atoms with Crippen molar-refractivity contribution in [1.82, 2.24) is 0 Å². The molecule has 0 fully saturated rings. The first-order valence-electron chi connectivity index (χ1n) is 5.41. The van der Waals surface area contributed by atoms with Crippen molar-refractivity contribution in [1.29, 1.82) is 0 Å². The van der Waals surface area contributed by atoms with Crippen LogP contribution in [-0.4, -0.2) is 18.8 Å². The van der Waals surface area contributed by atoms with Gasteiger partial charge in [-0.3, -0.25) is 14.1 Å². The largest absolute Gasteiger partial charge is 0.357 e. The Morgan fingerprint density at radius 3 is 2.16 bits per heavy atom. The fourth-order valence-electron chi connectivity index (χ4n) is 1.65. The fraction of sp³-hybridized carbons (Fsp3) is 0. The van der Waals surface area contributed by atoms with Crippen LogP contribution in [0.15, 0.2) is 54.6 Å². The van der Waals surface area contributed by atoms with Crippen LogP contribution < -0.4 is 4.72 Å². The molecule has 0 aliphatic rings. The van der Waals surface area contributed by atoms with Gasteiger partial charge in [-0.25, -0.2) is 0 Å². The van der Waals surface area contributed by atoms with E-state index >= 15 is 0 Å². The number of carbonyl (C=O) groups excluding carboxylic acids is 1. The molecule has 0 amide bonds. The van der Waals surface area contributed by atoms with Crippen LogP contribution in [0.1, 0.15) is 15.9 Å². The van der Waals surface area contributed by atoms with Crippen LogP contribution in [0.3, 0.4) is 0 Å². The van der Waals surface area contributed by atoms with Gasteiger partial charge in [0.15, 0.2) is 5.78 Å². The van der Waals surface area contributed by atoms with Gasteiger partial charge >= 0.3 is 10.3 Å². The van der Waals surface area contributed by atoms with Gasteiger partial charge in [0.25, 0.3) is 0 Å². The van der Waals surface area contributed by atoms with Crippen LogP contribution >= 0.6 is 0 Å². The number of ketones is 1. The minimum absolute atomic E-state index is 0.0406. The molecule has 0 unspecified atom stereocenters. The Labute approximate surface area is 110 Å². The van der Waals surface area contributed by atoms with Gasteiger partial charge < -0.3 is 0 Å². The fourth-order valence-corrected chi connectivity index (χ4v) is 2.11. The lowest BCUT2D eigenvalue weighted by molar-refractivity contribution is 0.103. The van der Waals surface area contributed by atoms with Crippen molar-refractivity contribution < 1.29 is 17.8 Å². The highest BCUT2D eigenvalue weighted by molar-refractivity contribution is 7.87. The van der Waals surface area contributed by atoms with Gasteiger partial charge in [0, 0.05) is 11.1 Å². The van der Waals surface area contributed by atoms with Gasteiger partial charge in [-0.05, 0) is 12.1 Å². The van der Waals surface area contributed by atoms with E-state index in [1.807, 2.05) is 4.72 Å². The average molecular weight is 277 g/mol. The highest BCUT2D eigenvalue weighted by Crippen LogP contribution is 2.19. The summed E-state index contributed by atoms with van der Waals surface area (Å²) in [5.41, 5.74) is 0.650. The second-order valence-electron chi connectivity index (χ2n) is 3.82. The smallest absolute Gasteiger partial charge is 0.289 e. The molecular formula is C13H11NO4S. The van der Waals surface area contributed by atoms with Gasteiger partial charge in [-0.1, -0.05) is 42.5 Å². The first-order chi connectivity index (χ1) is 8.97. The zero-order valence-electron chi connectivity index (χ0n) is 9.78. The Morgan fingerprint density at radius 1 is 0.947 bits per heavy atom. The Bertz CT molecular complexity index is 696. The number of para-hydroxylation sites is 1. The number of rotatable bonds is 4. The van der Waals surface area contributed by atoms with E-state index in [9.17, 15) is 13.2 Å². The quantitative estimate of drug-likeness (QED) is 0.662. The second-order valence-corrected chi connectivity index (χ2v) is 4.97. The molecule has 0 bridgehead atoms. The Morgan fingerprint density at radius 2 is 1.53 bits per heavy atom. The molecule has 5 nitrogen and oxygen atoms in total. The van der Waals surface area contributed by atoms with E-state index in [0.29, 0.717) is 5.56 Å². The third-order valence-corrected chi connectivity index (χ3v) is 2.92. The van der Waals surface area contributed by atoms with Crippen molar-refractivity contribution in [2.75, 3.05) is 4.72 Å². The zero-order valence-corrected chi connectivity index (χ0v) is 10.6. The monoisotopic (exact) mass is 277 g/mol. The van der Waals surface area contributed by atoms with Crippen molar-refractivity contribution in [2.45, 2.75) is 0 Å². The molecule has 0 radical (unpaired) electrons. The maximum Gasteiger partial charge on any atom is 0.357 e. The number of nitrogens with one attached hydrogen (secondary N) is 1. The van der Waals surface area contributed by atoms with Crippen LogP contribution in [0.25, 0.3) is 0 Å². The Balaban J connectivity index is 2.43. The third-order valence-electron chi connectivity index (χ3n) is 2.45. The van der Waals surface area contributed by atoms with Crippen LogP contribution in [0.2, 0.25) is 0 Å². The summed E-state index contributed by atoms with van der Waals surface area (Å²) in [4.78, 5) is 12.2. The van der Waals surface area contributed by atoms with E-state index in [-0.39, 0.29) is 17.0 Å². The second kappa shape index (κ2) is 5.21. The SMILES string of the molecule is O=C(c1ccccc1)c1ccccc1NS(=O)(=O)O. The summed E-state index contributed by atoms with van der Waals surface area (Å²) < 4.78 is 32.4. The highest BCUT2D eigenvalue weighted by Gasteiger charge is 2.15. The summed E-state index contributed by atoms with van der Waals surface area (Å²) in [7, 11) is -4.42. The molecule has 0 saturated heterocycles. The molecule has 2 rings (SSSR count). The molecule has 0 aliphatic heterocycles. The molecule has 0 aliphatic carbocycles. The zero-order chi connectivity index (χ0) is 13.9. The highest BCUT2D eigenvalue weighted by atomic mass is 32.2. The molecular weight excluding hydrogens is 266 g/mol. The van der Waals surface area contributed by atoms with Crippen LogP contribution in [0, 0.1) is 0 Å². The molecule has 2 aromatic carbocycles. The number of benzene rings is 2. The van der Waals surface area contributed by atoms with Crippen molar-refractivity contribution in [3.05, 3.63) is 65.7 Å². The predicted molar refractivity (Wildman–Crippen MR) is 71.5 cm³/mol. The van der Waals surface area contributed by atoms with E-state index in [0.717, 1.165) is 0 Å². The first-order valence-corrected chi connectivity index (χ1v) is 6.85. The molecule has 0 heterocycles. The van der Waals surface area contributed by atoms with E-state index < -0.39 is 10.3 Å². The van der Waals surface area contributed by atoms with Crippen molar-refractivity contribution >= 4 is 21.8 Å². The van der Waals surface area contributed by atoms with Gasteiger partial charge in [-0.15, -0.1) is 0 Å². The maximum atomic E-state index is 12.2. The topological polar surface area (TPSA) is 83.5 Å². The van der Waals surface area contributed by atoms with Gasteiger partial charge in [0.05, 0.1) is 5.69 Å². The molecule has 2 N–H and O–H groups in total.